The molecule has 88 valence electrons. The third-order valence-corrected chi connectivity index (χ3v) is 3.13. The van der Waals surface area contributed by atoms with Crippen molar-refractivity contribution in [2.75, 3.05) is 26.9 Å². The van der Waals surface area contributed by atoms with Gasteiger partial charge in [0, 0.05) is 26.7 Å². The number of likely N-dealkylation sites (tertiary alicyclic amines) is 1. The first-order valence-electron chi connectivity index (χ1n) is 5.60. The van der Waals surface area contributed by atoms with Crippen molar-refractivity contribution in [2.45, 2.75) is 32.2 Å². The molecule has 0 bridgehead atoms. The molecular formula is C11H21NO3. The average Bonchev–Trinajstić information content (AvgIpc) is 2.59. The molecule has 1 rings (SSSR count). The third-order valence-electron chi connectivity index (χ3n) is 3.13. The molecule has 1 saturated heterocycles. The number of nitrogens with zero attached hydrogens (tertiary/aromatic N) is 1. The highest BCUT2D eigenvalue weighted by molar-refractivity contribution is 5.76. The number of ether oxygens (including phenoxy) is 1. The van der Waals surface area contributed by atoms with Crippen LogP contribution in [0.4, 0.5) is 0 Å². The molecule has 0 aromatic carbocycles. The van der Waals surface area contributed by atoms with Gasteiger partial charge in [0.05, 0.1) is 12.6 Å². The standard InChI is InChI=1S/C11H21NO3/c1-9-5-6-12(10(9)8-13)11(14)4-3-7-15-2/h9-10,13H,3-8H2,1-2H3. The molecule has 2 unspecified atom stereocenters. The van der Waals surface area contributed by atoms with Gasteiger partial charge in [-0.3, -0.25) is 4.79 Å². The van der Waals surface area contributed by atoms with Crippen molar-refractivity contribution in [3.8, 4) is 0 Å². The molecule has 1 fully saturated rings. The topological polar surface area (TPSA) is 49.8 Å². The van der Waals surface area contributed by atoms with Crippen molar-refractivity contribution >= 4 is 5.91 Å². The highest BCUT2D eigenvalue weighted by Gasteiger charge is 2.33. The highest BCUT2D eigenvalue weighted by Crippen LogP contribution is 2.24. The minimum absolute atomic E-state index is 0.0278. The summed E-state index contributed by atoms with van der Waals surface area (Å²) in [5, 5.41) is 9.21. The molecule has 0 radical (unpaired) electrons. The van der Waals surface area contributed by atoms with Gasteiger partial charge < -0.3 is 14.7 Å². The fraction of sp³-hybridized carbons (Fsp3) is 0.909. The molecule has 2 atom stereocenters. The van der Waals surface area contributed by atoms with Gasteiger partial charge in [0.25, 0.3) is 0 Å². The van der Waals surface area contributed by atoms with Gasteiger partial charge in [0.2, 0.25) is 5.91 Å². The summed E-state index contributed by atoms with van der Waals surface area (Å²) in [5.41, 5.74) is 0. The van der Waals surface area contributed by atoms with E-state index >= 15 is 0 Å². The van der Waals surface area contributed by atoms with Crippen LogP contribution in [0.1, 0.15) is 26.2 Å². The van der Waals surface area contributed by atoms with Gasteiger partial charge in [-0.1, -0.05) is 6.92 Å². The lowest BCUT2D eigenvalue weighted by atomic mass is 10.0. The van der Waals surface area contributed by atoms with Crippen molar-refractivity contribution in [2.24, 2.45) is 5.92 Å². The number of aliphatic hydroxyl groups is 1. The van der Waals surface area contributed by atoms with Crippen molar-refractivity contribution in [3.05, 3.63) is 0 Å². The Bertz CT molecular complexity index is 208. The molecule has 1 heterocycles. The van der Waals surface area contributed by atoms with Crippen molar-refractivity contribution in [1.82, 2.24) is 4.90 Å². The second-order valence-electron chi connectivity index (χ2n) is 4.20. The van der Waals surface area contributed by atoms with Crippen LogP contribution in [-0.4, -0.2) is 48.8 Å². The smallest absolute Gasteiger partial charge is 0.222 e. The second-order valence-corrected chi connectivity index (χ2v) is 4.20. The molecule has 4 heteroatoms. The van der Waals surface area contributed by atoms with Crippen molar-refractivity contribution in [3.63, 3.8) is 0 Å². The van der Waals surface area contributed by atoms with Gasteiger partial charge >= 0.3 is 0 Å². The number of methoxy groups -OCH3 is 1. The van der Waals surface area contributed by atoms with E-state index in [1.165, 1.54) is 0 Å². The van der Waals surface area contributed by atoms with E-state index in [0.717, 1.165) is 19.4 Å². The zero-order chi connectivity index (χ0) is 11.3. The van der Waals surface area contributed by atoms with E-state index in [1.807, 2.05) is 4.90 Å². The lowest BCUT2D eigenvalue weighted by molar-refractivity contribution is -0.133. The number of rotatable bonds is 5. The average molecular weight is 215 g/mol. The first-order valence-corrected chi connectivity index (χ1v) is 5.60. The first-order chi connectivity index (χ1) is 7.20. The van der Waals surface area contributed by atoms with E-state index in [4.69, 9.17) is 4.74 Å². The number of carbonyl (C=O) groups excluding carboxylic acids is 1. The van der Waals surface area contributed by atoms with Crippen LogP contribution in [0.5, 0.6) is 0 Å². The summed E-state index contributed by atoms with van der Waals surface area (Å²) in [7, 11) is 1.64. The van der Waals surface area contributed by atoms with E-state index in [1.54, 1.807) is 7.11 Å². The molecule has 1 aliphatic rings. The van der Waals surface area contributed by atoms with E-state index in [2.05, 4.69) is 6.92 Å². The van der Waals surface area contributed by atoms with E-state index in [9.17, 15) is 9.90 Å². The quantitative estimate of drug-likeness (QED) is 0.685. The van der Waals surface area contributed by atoms with Crippen LogP contribution in [0.15, 0.2) is 0 Å². The fourth-order valence-electron chi connectivity index (χ4n) is 2.11. The molecule has 15 heavy (non-hydrogen) atoms. The van der Waals surface area contributed by atoms with E-state index in [0.29, 0.717) is 18.9 Å². The Morgan fingerprint density at radius 3 is 2.93 bits per heavy atom. The maximum atomic E-state index is 11.8. The molecule has 1 amide bonds. The maximum Gasteiger partial charge on any atom is 0.222 e. The lowest BCUT2D eigenvalue weighted by Gasteiger charge is -2.25. The molecular weight excluding hydrogens is 194 g/mol. The number of hydrogen-bond donors (Lipinski definition) is 1. The molecule has 1 N–H and O–H groups in total. The van der Waals surface area contributed by atoms with Crippen LogP contribution in [0.25, 0.3) is 0 Å². The number of carbonyl (C=O) groups is 1. The molecule has 0 spiro atoms. The molecule has 0 aliphatic carbocycles. The Labute approximate surface area is 91.2 Å². The summed E-state index contributed by atoms with van der Waals surface area (Å²) < 4.78 is 4.91. The predicted octanol–water partition coefficient (Wildman–Crippen LogP) is 0.642. The number of aliphatic hydroxyl groups excluding tert-OH is 1. The van der Waals surface area contributed by atoms with Gasteiger partial charge in [0.1, 0.15) is 0 Å². The number of hydrogen-bond acceptors (Lipinski definition) is 3. The molecule has 4 nitrogen and oxygen atoms in total. The largest absolute Gasteiger partial charge is 0.394 e. The van der Waals surface area contributed by atoms with Gasteiger partial charge in [-0.2, -0.15) is 0 Å². The summed E-state index contributed by atoms with van der Waals surface area (Å²) in [6.45, 7) is 3.58. The summed E-state index contributed by atoms with van der Waals surface area (Å²) in [6, 6.07) is 0.0278. The Morgan fingerprint density at radius 1 is 1.60 bits per heavy atom. The lowest BCUT2D eigenvalue weighted by Crippen LogP contribution is -2.39. The van der Waals surface area contributed by atoms with Crippen LogP contribution in [-0.2, 0) is 9.53 Å². The molecule has 0 aromatic heterocycles. The van der Waals surface area contributed by atoms with Crippen LogP contribution < -0.4 is 0 Å². The molecule has 1 aliphatic heterocycles. The Hall–Kier alpha value is -0.610. The van der Waals surface area contributed by atoms with E-state index in [-0.39, 0.29) is 18.6 Å². The van der Waals surface area contributed by atoms with Crippen LogP contribution in [0.3, 0.4) is 0 Å². The zero-order valence-electron chi connectivity index (χ0n) is 9.61. The predicted molar refractivity (Wildman–Crippen MR) is 57.5 cm³/mol. The first kappa shape index (κ1) is 12.5. The molecule has 0 saturated carbocycles. The van der Waals surface area contributed by atoms with Gasteiger partial charge in [-0.25, -0.2) is 0 Å². The highest BCUT2D eigenvalue weighted by atomic mass is 16.5. The van der Waals surface area contributed by atoms with Crippen molar-refractivity contribution in [1.29, 1.82) is 0 Å². The minimum Gasteiger partial charge on any atom is -0.394 e. The SMILES string of the molecule is COCCCC(=O)N1CCC(C)C1CO. The Morgan fingerprint density at radius 2 is 2.33 bits per heavy atom. The third kappa shape index (κ3) is 3.18. The van der Waals surface area contributed by atoms with Gasteiger partial charge in [0.15, 0.2) is 0 Å². The van der Waals surface area contributed by atoms with Gasteiger partial charge in [-0.15, -0.1) is 0 Å². The minimum atomic E-state index is 0.0278. The zero-order valence-corrected chi connectivity index (χ0v) is 9.61. The number of amides is 1. The van der Waals surface area contributed by atoms with Crippen molar-refractivity contribution < 1.29 is 14.6 Å². The molecule has 0 aromatic rings. The van der Waals surface area contributed by atoms with Crippen LogP contribution in [0.2, 0.25) is 0 Å². The Kier molecular flexibility index (Phi) is 5.05. The fourth-order valence-corrected chi connectivity index (χ4v) is 2.11. The summed E-state index contributed by atoms with van der Waals surface area (Å²) in [5.74, 6) is 0.567. The second kappa shape index (κ2) is 6.08. The summed E-state index contributed by atoms with van der Waals surface area (Å²) >= 11 is 0. The monoisotopic (exact) mass is 215 g/mol. The van der Waals surface area contributed by atoms with Gasteiger partial charge in [-0.05, 0) is 18.8 Å². The Balaban J connectivity index is 2.38. The van der Waals surface area contributed by atoms with Crippen LogP contribution >= 0.6 is 0 Å². The summed E-state index contributed by atoms with van der Waals surface area (Å²) in [6.07, 6.45) is 2.29. The normalized spacial score (nSPS) is 25.9. The van der Waals surface area contributed by atoms with E-state index < -0.39 is 0 Å². The summed E-state index contributed by atoms with van der Waals surface area (Å²) in [4.78, 5) is 13.6. The maximum absolute atomic E-state index is 11.8. The van der Waals surface area contributed by atoms with Crippen LogP contribution in [0, 0.1) is 5.92 Å².